The first kappa shape index (κ1) is 16.8. The van der Waals surface area contributed by atoms with Crippen LogP contribution < -0.4 is 5.32 Å². The molecule has 0 aromatic heterocycles. The lowest BCUT2D eigenvalue weighted by atomic mass is 9.89. The van der Waals surface area contributed by atoms with E-state index in [2.05, 4.69) is 5.32 Å². The standard InChI is InChI=1S/C13H14F3NO2.ClH/c14-13(15,16)10-4-2-9(3-5-10)8-12(11(18)19)6-1-7-17-12;/h2-5,17H,1,6-8H2,(H,18,19);1H/t12-;/m0./s1. The fourth-order valence-corrected chi connectivity index (χ4v) is 2.38. The van der Waals surface area contributed by atoms with Gasteiger partial charge in [0.25, 0.3) is 0 Å². The molecule has 0 unspecified atom stereocenters. The summed E-state index contributed by atoms with van der Waals surface area (Å²) in [5.41, 5.74) is -1.18. The summed E-state index contributed by atoms with van der Waals surface area (Å²) >= 11 is 0. The summed E-state index contributed by atoms with van der Waals surface area (Å²) in [5, 5.41) is 12.2. The molecule has 2 N–H and O–H groups in total. The van der Waals surface area contributed by atoms with Gasteiger partial charge in [0.2, 0.25) is 0 Å². The first-order valence-corrected chi connectivity index (χ1v) is 5.98. The average molecular weight is 310 g/mol. The maximum absolute atomic E-state index is 12.4. The molecule has 0 spiro atoms. The van der Waals surface area contributed by atoms with Crippen LogP contribution in [0.4, 0.5) is 13.2 Å². The Hall–Kier alpha value is -1.27. The predicted octanol–water partition coefficient (Wildman–Crippen LogP) is 2.88. The minimum Gasteiger partial charge on any atom is -0.480 e. The highest BCUT2D eigenvalue weighted by Crippen LogP contribution is 2.30. The number of hydrogen-bond acceptors (Lipinski definition) is 2. The van der Waals surface area contributed by atoms with Crippen LogP contribution in [0.15, 0.2) is 24.3 Å². The SMILES string of the molecule is Cl.O=C(O)[C@@]1(Cc2ccc(C(F)(F)F)cc2)CCCN1. The van der Waals surface area contributed by atoms with Gasteiger partial charge in [0.15, 0.2) is 0 Å². The molecule has 0 amide bonds. The van der Waals surface area contributed by atoms with Crippen LogP contribution in [0, 0.1) is 0 Å². The minimum absolute atomic E-state index is 0. The lowest BCUT2D eigenvalue weighted by Gasteiger charge is -2.24. The van der Waals surface area contributed by atoms with E-state index in [0.29, 0.717) is 18.5 Å². The largest absolute Gasteiger partial charge is 0.480 e. The minimum atomic E-state index is -4.37. The summed E-state index contributed by atoms with van der Waals surface area (Å²) in [6.07, 6.45) is -2.93. The predicted molar refractivity (Wildman–Crippen MR) is 70.0 cm³/mol. The van der Waals surface area contributed by atoms with Crippen molar-refractivity contribution in [2.75, 3.05) is 6.54 Å². The Morgan fingerprint density at radius 3 is 2.30 bits per heavy atom. The maximum atomic E-state index is 12.4. The van der Waals surface area contributed by atoms with E-state index in [0.717, 1.165) is 18.6 Å². The van der Waals surface area contributed by atoms with Crippen molar-refractivity contribution in [1.82, 2.24) is 5.32 Å². The average Bonchev–Trinajstić information content (AvgIpc) is 2.78. The maximum Gasteiger partial charge on any atom is 0.416 e. The third kappa shape index (κ3) is 3.43. The number of benzene rings is 1. The number of halogens is 4. The van der Waals surface area contributed by atoms with Gasteiger partial charge in [0.1, 0.15) is 5.54 Å². The van der Waals surface area contributed by atoms with E-state index in [9.17, 15) is 23.1 Å². The number of carbonyl (C=O) groups is 1. The van der Waals surface area contributed by atoms with E-state index in [1.54, 1.807) is 0 Å². The molecular formula is C13H15ClF3NO2. The molecule has 1 heterocycles. The van der Waals surface area contributed by atoms with Crippen molar-refractivity contribution in [2.45, 2.75) is 31.0 Å². The van der Waals surface area contributed by atoms with Crippen molar-refractivity contribution in [3.05, 3.63) is 35.4 Å². The Labute approximate surface area is 120 Å². The van der Waals surface area contributed by atoms with Gasteiger partial charge < -0.3 is 10.4 Å². The van der Waals surface area contributed by atoms with Crippen molar-refractivity contribution in [3.63, 3.8) is 0 Å². The van der Waals surface area contributed by atoms with Crippen molar-refractivity contribution >= 4 is 18.4 Å². The second kappa shape index (κ2) is 6.01. The Balaban J connectivity index is 0.00000200. The highest BCUT2D eigenvalue weighted by molar-refractivity contribution is 5.85. The number of hydrogen-bond donors (Lipinski definition) is 2. The molecule has 112 valence electrons. The van der Waals surface area contributed by atoms with E-state index >= 15 is 0 Å². The molecule has 1 aliphatic heterocycles. The highest BCUT2D eigenvalue weighted by Gasteiger charge is 2.41. The van der Waals surface area contributed by atoms with Crippen LogP contribution in [0.2, 0.25) is 0 Å². The Kier molecular flexibility index (Phi) is 5.05. The normalized spacial score (nSPS) is 22.4. The first-order valence-electron chi connectivity index (χ1n) is 5.98. The molecule has 2 rings (SSSR count). The Morgan fingerprint density at radius 1 is 1.30 bits per heavy atom. The summed E-state index contributed by atoms with van der Waals surface area (Å²) in [4.78, 5) is 11.3. The van der Waals surface area contributed by atoms with Crippen molar-refractivity contribution < 1.29 is 23.1 Å². The van der Waals surface area contributed by atoms with Crippen LogP contribution in [0.1, 0.15) is 24.0 Å². The smallest absolute Gasteiger partial charge is 0.416 e. The zero-order chi connectivity index (χ0) is 14.1. The third-order valence-corrected chi connectivity index (χ3v) is 3.44. The molecule has 7 heteroatoms. The molecule has 1 aromatic rings. The molecule has 0 aliphatic carbocycles. The van der Waals surface area contributed by atoms with Crippen LogP contribution in [-0.2, 0) is 17.4 Å². The molecule has 0 saturated carbocycles. The number of carboxylic acids is 1. The lowest BCUT2D eigenvalue weighted by Crippen LogP contribution is -2.49. The fraction of sp³-hybridized carbons (Fsp3) is 0.462. The number of carboxylic acid groups (broad SMARTS) is 1. The highest BCUT2D eigenvalue weighted by atomic mass is 35.5. The van der Waals surface area contributed by atoms with Crippen LogP contribution in [0.5, 0.6) is 0 Å². The number of nitrogens with one attached hydrogen (secondary N) is 1. The molecule has 3 nitrogen and oxygen atoms in total. The fourth-order valence-electron chi connectivity index (χ4n) is 2.38. The summed E-state index contributed by atoms with van der Waals surface area (Å²) in [7, 11) is 0. The van der Waals surface area contributed by atoms with Crippen LogP contribution in [-0.4, -0.2) is 23.2 Å². The van der Waals surface area contributed by atoms with E-state index in [-0.39, 0.29) is 18.8 Å². The van der Waals surface area contributed by atoms with Gasteiger partial charge in [0.05, 0.1) is 5.56 Å². The van der Waals surface area contributed by atoms with Gasteiger partial charge >= 0.3 is 12.1 Å². The summed E-state index contributed by atoms with van der Waals surface area (Å²) < 4.78 is 37.3. The van der Waals surface area contributed by atoms with E-state index in [4.69, 9.17) is 0 Å². The van der Waals surface area contributed by atoms with Gasteiger partial charge in [-0.25, -0.2) is 0 Å². The molecule has 1 fully saturated rings. The van der Waals surface area contributed by atoms with E-state index in [1.165, 1.54) is 12.1 Å². The van der Waals surface area contributed by atoms with Gasteiger partial charge in [-0.05, 0) is 37.1 Å². The van der Waals surface area contributed by atoms with E-state index < -0.39 is 23.2 Å². The topological polar surface area (TPSA) is 49.3 Å². The van der Waals surface area contributed by atoms with Crippen molar-refractivity contribution in [1.29, 1.82) is 0 Å². The first-order chi connectivity index (χ1) is 8.83. The lowest BCUT2D eigenvalue weighted by molar-refractivity contribution is -0.144. The Morgan fingerprint density at radius 2 is 1.90 bits per heavy atom. The molecule has 1 saturated heterocycles. The number of rotatable bonds is 3. The zero-order valence-corrected chi connectivity index (χ0v) is 11.4. The Bertz CT molecular complexity index is 467. The number of aliphatic carboxylic acids is 1. The molecule has 0 bridgehead atoms. The zero-order valence-electron chi connectivity index (χ0n) is 10.5. The van der Waals surface area contributed by atoms with Crippen molar-refractivity contribution in [3.8, 4) is 0 Å². The van der Waals surface area contributed by atoms with Gasteiger partial charge in [0, 0.05) is 6.42 Å². The summed E-state index contributed by atoms with van der Waals surface area (Å²) in [6.45, 7) is 0.618. The second-order valence-corrected chi connectivity index (χ2v) is 4.79. The van der Waals surface area contributed by atoms with Gasteiger partial charge in [-0.3, -0.25) is 4.79 Å². The molecule has 1 aliphatic rings. The number of alkyl halides is 3. The monoisotopic (exact) mass is 309 g/mol. The molecule has 0 radical (unpaired) electrons. The third-order valence-electron chi connectivity index (χ3n) is 3.44. The molecule has 20 heavy (non-hydrogen) atoms. The van der Waals surface area contributed by atoms with Gasteiger partial charge in [-0.1, -0.05) is 12.1 Å². The second-order valence-electron chi connectivity index (χ2n) is 4.79. The summed E-state index contributed by atoms with van der Waals surface area (Å²) in [6, 6.07) is 4.65. The van der Waals surface area contributed by atoms with Crippen LogP contribution in [0.3, 0.4) is 0 Å². The molecule has 1 aromatic carbocycles. The quantitative estimate of drug-likeness (QED) is 0.902. The van der Waals surface area contributed by atoms with Gasteiger partial charge in [-0.2, -0.15) is 13.2 Å². The van der Waals surface area contributed by atoms with Gasteiger partial charge in [-0.15, -0.1) is 12.4 Å². The molecule has 1 atom stereocenters. The van der Waals surface area contributed by atoms with Crippen LogP contribution in [0.25, 0.3) is 0 Å². The molecular weight excluding hydrogens is 295 g/mol. The summed E-state index contributed by atoms with van der Waals surface area (Å²) in [5.74, 6) is -0.954. The van der Waals surface area contributed by atoms with Crippen LogP contribution >= 0.6 is 12.4 Å². The van der Waals surface area contributed by atoms with E-state index in [1.807, 2.05) is 0 Å². The van der Waals surface area contributed by atoms with Crippen molar-refractivity contribution in [2.24, 2.45) is 0 Å².